The molecule has 0 radical (unpaired) electrons. The lowest BCUT2D eigenvalue weighted by Gasteiger charge is -2.51. The molecule has 0 unspecified atom stereocenters. The molecule has 2 saturated heterocycles. The lowest BCUT2D eigenvalue weighted by atomic mass is 9.50. The van der Waals surface area contributed by atoms with Crippen LogP contribution in [0.2, 0.25) is 0 Å². The van der Waals surface area contributed by atoms with Crippen molar-refractivity contribution >= 4 is 23.9 Å². The van der Waals surface area contributed by atoms with Crippen molar-refractivity contribution < 1.29 is 28.7 Å². The van der Waals surface area contributed by atoms with Gasteiger partial charge < -0.3 is 9.47 Å². The van der Waals surface area contributed by atoms with E-state index in [0.717, 1.165) is 0 Å². The summed E-state index contributed by atoms with van der Waals surface area (Å²) in [6.07, 6.45) is 17.1. The van der Waals surface area contributed by atoms with Crippen molar-refractivity contribution in [2.24, 2.45) is 71.0 Å². The van der Waals surface area contributed by atoms with Crippen LogP contribution >= 0.6 is 0 Å². The summed E-state index contributed by atoms with van der Waals surface area (Å²) in [6, 6.07) is 0. The van der Waals surface area contributed by atoms with Gasteiger partial charge in [-0.05, 0) is 47.3 Å². The predicted octanol–water partition coefficient (Wildman–Crippen LogP) is 1.84. The summed E-state index contributed by atoms with van der Waals surface area (Å²) in [7, 11) is 0. The molecule has 0 amide bonds. The molecule has 0 aromatic carbocycles. The number of carbonyl (C=O) groups excluding carboxylic acids is 4. The van der Waals surface area contributed by atoms with Crippen molar-refractivity contribution in [3.05, 3.63) is 48.6 Å². The fourth-order valence-electron chi connectivity index (χ4n) is 7.67. The first-order valence-corrected chi connectivity index (χ1v) is 10.8. The van der Waals surface area contributed by atoms with Crippen LogP contribution in [0.4, 0.5) is 0 Å². The number of cyclic esters (lactones) is 4. The van der Waals surface area contributed by atoms with Crippen LogP contribution in [0.1, 0.15) is 0 Å². The zero-order valence-corrected chi connectivity index (χ0v) is 16.0. The second-order valence-corrected chi connectivity index (χ2v) is 9.74. The molecule has 2 aliphatic heterocycles. The minimum atomic E-state index is -0.394. The first-order chi connectivity index (χ1) is 14.5. The number of hydrogen-bond acceptors (Lipinski definition) is 6. The van der Waals surface area contributed by atoms with Gasteiger partial charge in [-0.25, -0.2) is 0 Å². The van der Waals surface area contributed by atoms with Crippen LogP contribution in [-0.4, -0.2) is 23.9 Å². The van der Waals surface area contributed by atoms with Gasteiger partial charge in [0.15, 0.2) is 0 Å². The Bertz CT molecular complexity index is 874. The van der Waals surface area contributed by atoms with Crippen molar-refractivity contribution in [2.75, 3.05) is 0 Å². The molecule has 0 N–H and O–H groups in total. The van der Waals surface area contributed by atoms with Gasteiger partial charge in [0.1, 0.15) is 0 Å². The van der Waals surface area contributed by atoms with Gasteiger partial charge in [0.2, 0.25) is 0 Å². The fourth-order valence-corrected chi connectivity index (χ4v) is 7.67. The van der Waals surface area contributed by atoms with Crippen LogP contribution in [-0.2, 0) is 28.7 Å². The smallest absolute Gasteiger partial charge is 0.318 e. The van der Waals surface area contributed by atoms with E-state index in [4.69, 9.17) is 9.47 Å². The number of allylic oxidation sites excluding steroid dienone is 8. The number of hydrogen-bond donors (Lipinski definition) is 0. The molecule has 30 heavy (non-hydrogen) atoms. The molecular weight excluding hydrogens is 384 g/mol. The molecule has 0 aromatic heterocycles. The van der Waals surface area contributed by atoms with E-state index >= 15 is 0 Å². The Morgan fingerprint density at radius 1 is 0.367 bits per heavy atom. The van der Waals surface area contributed by atoms with E-state index in [-0.39, 0.29) is 47.3 Å². The molecule has 4 fully saturated rings. The van der Waals surface area contributed by atoms with E-state index < -0.39 is 47.5 Å². The summed E-state index contributed by atoms with van der Waals surface area (Å²) < 4.78 is 10.0. The Hall–Kier alpha value is -2.76. The molecule has 6 nitrogen and oxygen atoms in total. The highest BCUT2D eigenvalue weighted by Gasteiger charge is 2.63. The summed E-state index contributed by atoms with van der Waals surface area (Å²) >= 11 is 0. The molecule has 7 aliphatic carbocycles. The Balaban J connectivity index is 1.30. The first-order valence-electron chi connectivity index (χ1n) is 10.8. The van der Waals surface area contributed by atoms with Crippen molar-refractivity contribution in [1.82, 2.24) is 0 Å². The van der Waals surface area contributed by atoms with Gasteiger partial charge in [0, 0.05) is 0 Å². The number of carbonyl (C=O) groups is 4. The van der Waals surface area contributed by atoms with Crippen molar-refractivity contribution in [3.8, 4) is 0 Å². The zero-order valence-electron chi connectivity index (χ0n) is 16.0. The molecule has 0 spiro atoms. The molecule has 152 valence electrons. The number of rotatable bonds is 0. The summed E-state index contributed by atoms with van der Waals surface area (Å²) in [6.45, 7) is 0. The van der Waals surface area contributed by atoms with E-state index in [1.54, 1.807) is 0 Å². The minimum Gasteiger partial charge on any atom is -0.393 e. The van der Waals surface area contributed by atoms with Gasteiger partial charge in [-0.3, -0.25) is 19.2 Å². The van der Waals surface area contributed by atoms with Crippen LogP contribution < -0.4 is 0 Å². The predicted molar refractivity (Wildman–Crippen MR) is 101 cm³/mol. The van der Waals surface area contributed by atoms with Gasteiger partial charge in [-0.15, -0.1) is 0 Å². The molecule has 2 saturated carbocycles. The average Bonchev–Trinajstić information content (AvgIpc) is 3.20. The Morgan fingerprint density at radius 3 is 0.800 bits per heavy atom. The minimum absolute atomic E-state index is 0.0523. The summed E-state index contributed by atoms with van der Waals surface area (Å²) in [5.74, 6) is -2.87. The third-order valence-corrected chi connectivity index (χ3v) is 8.81. The molecule has 9 aliphatic rings. The molecule has 12 atom stereocenters. The third kappa shape index (κ3) is 1.86. The lowest BCUT2D eigenvalue weighted by molar-refractivity contribution is -0.155. The quantitative estimate of drug-likeness (QED) is 0.348. The van der Waals surface area contributed by atoms with Crippen LogP contribution in [0.3, 0.4) is 0 Å². The molecule has 9 rings (SSSR count). The summed E-state index contributed by atoms with van der Waals surface area (Å²) in [5.41, 5.74) is 0. The molecule has 4 bridgehead atoms. The van der Waals surface area contributed by atoms with Gasteiger partial charge >= 0.3 is 23.9 Å². The van der Waals surface area contributed by atoms with Crippen molar-refractivity contribution in [3.63, 3.8) is 0 Å². The standard InChI is InChI=1S/C24H20O6/c25-21-17-13-5-6-15(19(17)23(27)29-21)11-3-4-12-10(2-1-9(11)13)14-7-8-16(12)20-18(14)22(26)30-24(20)28/h1-20H/t9-,10-,11+,12+,13-,14+,15-,16+,17+,18-,19-,20-/m1/s1. The Labute approximate surface area is 172 Å². The Kier molecular flexibility index (Phi) is 3.10. The van der Waals surface area contributed by atoms with E-state index in [9.17, 15) is 19.2 Å². The van der Waals surface area contributed by atoms with Gasteiger partial charge in [0.05, 0.1) is 23.7 Å². The normalized spacial score (nSPS) is 53.6. The molecule has 2 heterocycles. The number of ether oxygens (including phenoxy) is 2. The zero-order chi connectivity index (χ0) is 20.3. The maximum absolute atomic E-state index is 12.3. The van der Waals surface area contributed by atoms with Crippen molar-refractivity contribution in [2.45, 2.75) is 0 Å². The summed E-state index contributed by atoms with van der Waals surface area (Å²) in [5, 5.41) is 0. The van der Waals surface area contributed by atoms with Crippen molar-refractivity contribution in [1.29, 1.82) is 0 Å². The highest BCUT2D eigenvalue weighted by atomic mass is 16.6. The van der Waals surface area contributed by atoms with Crippen LogP contribution in [0.5, 0.6) is 0 Å². The van der Waals surface area contributed by atoms with Gasteiger partial charge in [-0.1, -0.05) is 48.6 Å². The van der Waals surface area contributed by atoms with Crippen LogP contribution in [0.15, 0.2) is 48.6 Å². The van der Waals surface area contributed by atoms with E-state index in [1.165, 1.54) is 0 Å². The monoisotopic (exact) mass is 404 g/mol. The molecular formula is C24H20O6. The SMILES string of the molecule is O=C1OC(=O)[C@@H]2[C@H]3C=C[C@@H]([C@@H]4C=C[C@@H]5[C@H](C=C[C@@H]43)[C@H]3C=C[C@H]5[C@@H]4C(=O)OC(=O)[C@H]34)[C@@H]12. The third-order valence-electron chi connectivity index (χ3n) is 8.81. The maximum Gasteiger partial charge on any atom is 0.318 e. The topological polar surface area (TPSA) is 86.7 Å². The maximum atomic E-state index is 12.3. The van der Waals surface area contributed by atoms with E-state index in [0.29, 0.717) is 0 Å². The second kappa shape index (κ2) is 5.48. The lowest BCUT2D eigenvalue weighted by Crippen LogP contribution is -2.50. The Morgan fingerprint density at radius 2 is 0.567 bits per heavy atom. The molecule has 0 aromatic rings. The second-order valence-electron chi connectivity index (χ2n) is 9.74. The van der Waals surface area contributed by atoms with Gasteiger partial charge in [-0.2, -0.15) is 0 Å². The summed E-state index contributed by atoms with van der Waals surface area (Å²) in [4.78, 5) is 49.4. The van der Waals surface area contributed by atoms with E-state index in [2.05, 4.69) is 48.6 Å². The highest BCUT2D eigenvalue weighted by molar-refractivity contribution is 5.98. The van der Waals surface area contributed by atoms with Gasteiger partial charge in [0.25, 0.3) is 0 Å². The fraction of sp³-hybridized carbons (Fsp3) is 0.500. The highest BCUT2D eigenvalue weighted by Crippen LogP contribution is 2.59. The average molecular weight is 404 g/mol. The van der Waals surface area contributed by atoms with E-state index in [1.807, 2.05) is 0 Å². The van der Waals surface area contributed by atoms with Crippen LogP contribution in [0.25, 0.3) is 0 Å². The van der Waals surface area contributed by atoms with Crippen LogP contribution in [0, 0.1) is 71.0 Å². The first kappa shape index (κ1) is 17.0. The largest absolute Gasteiger partial charge is 0.393 e. The number of esters is 4. The molecule has 6 heteroatoms.